The predicted molar refractivity (Wildman–Crippen MR) is 161 cm³/mol. The van der Waals surface area contributed by atoms with E-state index in [0.29, 0.717) is 23.4 Å². The molecule has 0 saturated carbocycles. The average molecular weight is 602 g/mol. The second-order valence-electron chi connectivity index (χ2n) is 10.8. The third kappa shape index (κ3) is 5.92. The Hall–Kier alpha value is -4.08. The highest BCUT2D eigenvalue weighted by molar-refractivity contribution is 7.49. The number of benzene rings is 4. The fraction of sp³-hybridized carbons (Fsp3) is 0.281. The Bertz CT molecular complexity index is 1660. The SMILES string of the molecule is O=C1N(Cc2ccccc2)OP2(=O)Oc3cc(OCc4ccc(OCCN5CCCCC5)cc4)c4ccccc4c3N1O2. The van der Waals surface area contributed by atoms with Crippen molar-refractivity contribution in [3.63, 3.8) is 0 Å². The number of carbonyl (C=O) groups excluding carboxylic acids is 1. The first-order valence-corrected chi connectivity index (χ1v) is 16.0. The molecule has 0 radical (unpaired) electrons. The molecule has 11 heteroatoms. The Labute approximate surface area is 249 Å². The van der Waals surface area contributed by atoms with Crippen LogP contribution in [0.15, 0.2) is 84.9 Å². The molecule has 3 aliphatic heterocycles. The van der Waals surface area contributed by atoms with Crippen LogP contribution in [0, 0.1) is 0 Å². The second kappa shape index (κ2) is 11.9. The Kier molecular flexibility index (Phi) is 7.67. The molecule has 3 heterocycles. The number of rotatable bonds is 9. The minimum atomic E-state index is -4.17. The molecule has 222 valence electrons. The molecule has 0 spiro atoms. The van der Waals surface area contributed by atoms with Gasteiger partial charge in [0.2, 0.25) is 0 Å². The number of nitrogens with zero attached hydrogens (tertiary/aromatic N) is 3. The topological polar surface area (TPSA) is 90.0 Å². The maximum Gasteiger partial charge on any atom is 0.574 e. The molecular weight excluding hydrogens is 569 g/mol. The Morgan fingerprint density at radius 3 is 2.33 bits per heavy atom. The van der Waals surface area contributed by atoms with Crippen molar-refractivity contribution in [2.24, 2.45) is 0 Å². The van der Waals surface area contributed by atoms with E-state index in [-0.39, 0.29) is 18.9 Å². The van der Waals surface area contributed by atoms with Crippen molar-refractivity contribution in [2.75, 3.05) is 31.3 Å². The van der Waals surface area contributed by atoms with Gasteiger partial charge in [0.25, 0.3) is 0 Å². The number of piperidine rings is 1. The van der Waals surface area contributed by atoms with Gasteiger partial charge in [0.05, 0.1) is 6.54 Å². The molecule has 2 fully saturated rings. The Morgan fingerprint density at radius 1 is 0.791 bits per heavy atom. The molecule has 4 aromatic rings. The van der Waals surface area contributed by atoms with E-state index in [0.717, 1.165) is 52.0 Å². The number of hydrogen-bond donors (Lipinski definition) is 0. The van der Waals surface area contributed by atoms with Crippen LogP contribution in [0.1, 0.15) is 30.4 Å². The number of amides is 2. The van der Waals surface area contributed by atoms with E-state index in [1.54, 1.807) is 6.07 Å². The molecule has 10 nitrogen and oxygen atoms in total. The predicted octanol–water partition coefficient (Wildman–Crippen LogP) is 7.09. The summed E-state index contributed by atoms with van der Waals surface area (Å²) < 4.78 is 42.4. The molecule has 1 atom stereocenters. The summed E-state index contributed by atoms with van der Waals surface area (Å²) >= 11 is 0. The molecular formula is C32H32N3O7P. The number of fused-ring (bicyclic) bond motifs is 6. The van der Waals surface area contributed by atoms with Crippen molar-refractivity contribution < 1.29 is 32.6 Å². The first-order valence-electron chi connectivity index (χ1n) is 14.5. The summed E-state index contributed by atoms with van der Waals surface area (Å²) in [6.45, 7) is 4.27. The minimum absolute atomic E-state index is 0.0730. The van der Waals surface area contributed by atoms with Crippen molar-refractivity contribution in [2.45, 2.75) is 32.4 Å². The van der Waals surface area contributed by atoms with Gasteiger partial charge in [-0.15, -0.1) is 4.62 Å². The molecule has 1 unspecified atom stereocenters. The van der Waals surface area contributed by atoms with Crippen molar-refractivity contribution in [1.82, 2.24) is 9.96 Å². The number of carbonyl (C=O) groups is 1. The Balaban J connectivity index is 1.08. The van der Waals surface area contributed by atoms with Gasteiger partial charge in [-0.1, -0.05) is 73.2 Å². The van der Waals surface area contributed by atoms with Crippen LogP contribution in [0.5, 0.6) is 17.2 Å². The van der Waals surface area contributed by atoms with E-state index in [1.807, 2.05) is 78.9 Å². The van der Waals surface area contributed by atoms with E-state index in [4.69, 9.17) is 23.2 Å². The molecule has 0 aromatic heterocycles. The van der Waals surface area contributed by atoms with Gasteiger partial charge in [-0.05, 0) is 49.2 Å². The minimum Gasteiger partial charge on any atom is -0.492 e. The molecule has 2 bridgehead atoms. The molecule has 2 amide bonds. The van der Waals surface area contributed by atoms with Gasteiger partial charge in [0, 0.05) is 23.4 Å². The number of hydroxylamine groups is 3. The van der Waals surface area contributed by atoms with Gasteiger partial charge < -0.3 is 14.0 Å². The van der Waals surface area contributed by atoms with Crippen LogP contribution in [0.4, 0.5) is 10.5 Å². The average Bonchev–Trinajstić information content (AvgIpc) is 3.03. The van der Waals surface area contributed by atoms with Crippen LogP contribution in [-0.4, -0.2) is 42.2 Å². The zero-order valence-corrected chi connectivity index (χ0v) is 24.5. The lowest BCUT2D eigenvalue weighted by molar-refractivity contribution is -0.0802. The quantitative estimate of drug-likeness (QED) is 0.188. The highest BCUT2D eigenvalue weighted by Crippen LogP contribution is 2.62. The monoisotopic (exact) mass is 601 g/mol. The summed E-state index contributed by atoms with van der Waals surface area (Å²) in [5.41, 5.74) is 2.10. The van der Waals surface area contributed by atoms with Crippen molar-refractivity contribution in [3.05, 3.63) is 96.1 Å². The third-order valence-electron chi connectivity index (χ3n) is 7.74. The van der Waals surface area contributed by atoms with E-state index >= 15 is 0 Å². The van der Waals surface area contributed by atoms with Gasteiger partial charge in [-0.3, -0.25) is 4.90 Å². The lowest BCUT2D eigenvalue weighted by Crippen LogP contribution is -2.49. The molecule has 3 aliphatic rings. The van der Waals surface area contributed by atoms with Gasteiger partial charge in [-0.2, -0.15) is 14.8 Å². The lowest BCUT2D eigenvalue weighted by atomic mass is 10.1. The van der Waals surface area contributed by atoms with Gasteiger partial charge in [0.15, 0.2) is 5.75 Å². The molecule has 7 rings (SSSR count). The van der Waals surface area contributed by atoms with Crippen molar-refractivity contribution in [1.29, 1.82) is 0 Å². The van der Waals surface area contributed by atoms with Crippen LogP contribution in [-0.2, 0) is 27.0 Å². The maximum absolute atomic E-state index is 13.4. The molecule has 0 N–H and O–H groups in total. The number of anilines is 1. The van der Waals surface area contributed by atoms with Gasteiger partial charge in [0.1, 0.15) is 30.4 Å². The third-order valence-corrected chi connectivity index (χ3v) is 8.92. The van der Waals surface area contributed by atoms with Crippen LogP contribution >= 0.6 is 7.82 Å². The van der Waals surface area contributed by atoms with E-state index in [1.165, 1.54) is 19.3 Å². The zero-order chi connectivity index (χ0) is 29.2. The van der Waals surface area contributed by atoms with Crippen LogP contribution < -0.4 is 19.1 Å². The fourth-order valence-corrected chi connectivity index (χ4v) is 6.76. The number of likely N-dealkylation sites (tertiary alicyclic amines) is 1. The van der Waals surface area contributed by atoms with Gasteiger partial charge >= 0.3 is 13.9 Å². The second-order valence-corrected chi connectivity index (χ2v) is 12.2. The molecule has 43 heavy (non-hydrogen) atoms. The summed E-state index contributed by atoms with van der Waals surface area (Å²) in [6.07, 6.45) is 3.86. The van der Waals surface area contributed by atoms with E-state index < -0.39 is 13.9 Å². The van der Waals surface area contributed by atoms with Crippen LogP contribution in [0.25, 0.3) is 10.8 Å². The van der Waals surface area contributed by atoms with E-state index in [9.17, 15) is 9.36 Å². The number of urea groups is 1. The summed E-state index contributed by atoms with van der Waals surface area (Å²) in [6, 6.07) is 25.6. The number of ether oxygens (including phenoxy) is 2. The molecule has 2 saturated heterocycles. The number of phosphoric acid groups is 1. The highest BCUT2D eigenvalue weighted by atomic mass is 31.2. The lowest BCUT2D eigenvalue weighted by Gasteiger charge is -2.40. The summed E-state index contributed by atoms with van der Waals surface area (Å²) in [5.74, 6) is 1.51. The fourth-order valence-electron chi connectivity index (χ4n) is 5.56. The molecule has 4 aromatic carbocycles. The standard InChI is InChI=1S/C32H32N3O7P/c36-32-34(22-24-9-3-1-4-10-24)41-43(37)40-30-21-29(27-11-5-6-12-28(27)31(30)35(32)42-43)39-23-25-13-15-26(16-14-25)38-20-19-33-17-7-2-8-18-33/h1,3-6,9-16,21H,2,7-8,17-20,22-23H2. The summed E-state index contributed by atoms with van der Waals surface area (Å²) in [4.78, 5) is 15.9. The molecule has 0 aliphatic carbocycles. The van der Waals surface area contributed by atoms with Crippen LogP contribution in [0.3, 0.4) is 0 Å². The first kappa shape index (κ1) is 27.7. The van der Waals surface area contributed by atoms with E-state index in [2.05, 4.69) is 4.90 Å². The first-order chi connectivity index (χ1) is 21.0. The Morgan fingerprint density at radius 2 is 1.53 bits per heavy atom. The normalized spacial score (nSPS) is 20.0. The summed E-state index contributed by atoms with van der Waals surface area (Å²) in [5, 5.41) is 3.40. The number of hydrogen-bond acceptors (Lipinski definition) is 8. The van der Waals surface area contributed by atoms with Gasteiger partial charge in [-0.25, -0.2) is 9.36 Å². The smallest absolute Gasteiger partial charge is 0.492 e. The largest absolute Gasteiger partial charge is 0.574 e. The maximum atomic E-state index is 13.4. The summed E-state index contributed by atoms with van der Waals surface area (Å²) in [7, 11) is -4.17. The van der Waals surface area contributed by atoms with Crippen LogP contribution in [0.2, 0.25) is 0 Å². The zero-order valence-electron chi connectivity index (χ0n) is 23.6. The highest BCUT2D eigenvalue weighted by Gasteiger charge is 2.51. The van der Waals surface area contributed by atoms with Crippen molar-refractivity contribution in [3.8, 4) is 17.2 Å². The van der Waals surface area contributed by atoms with Crippen molar-refractivity contribution >= 4 is 30.3 Å².